The molecule has 0 atom stereocenters. The van der Waals surface area contributed by atoms with E-state index in [0.29, 0.717) is 11.8 Å². The Kier molecular flexibility index (Phi) is 4.05. The summed E-state index contributed by atoms with van der Waals surface area (Å²) in [6.07, 6.45) is -1.04. The SMILES string of the molecule is NC(=O)ON=CSC(N)=O. The summed E-state index contributed by atoms with van der Waals surface area (Å²) in [5.41, 5.74) is 10.1. The van der Waals surface area contributed by atoms with E-state index in [2.05, 4.69) is 21.5 Å². The molecule has 0 aromatic rings. The Morgan fingerprint density at radius 1 is 1.50 bits per heavy atom. The van der Waals surface area contributed by atoms with E-state index in [9.17, 15) is 9.59 Å². The zero-order valence-corrected chi connectivity index (χ0v) is 5.63. The van der Waals surface area contributed by atoms with E-state index in [1.807, 2.05) is 0 Å². The Morgan fingerprint density at radius 2 is 2.10 bits per heavy atom. The van der Waals surface area contributed by atoms with Crippen molar-refractivity contribution in [1.82, 2.24) is 0 Å². The van der Waals surface area contributed by atoms with Crippen LogP contribution in [0.5, 0.6) is 0 Å². The molecule has 0 saturated carbocycles. The maximum absolute atomic E-state index is 9.97. The summed E-state index contributed by atoms with van der Waals surface area (Å²) in [4.78, 5) is 23.6. The van der Waals surface area contributed by atoms with Gasteiger partial charge in [0.05, 0.1) is 0 Å². The molecule has 0 rings (SSSR count). The quantitative estimate of drug-likeness (QED) is 0.255. The van der Waals surface area contributed by atoms with Crippen LogP contribution in [0.1, 0.15) is 0 Å². The molecule has 0 spiro atoms. The van der Waals surface area contributed by atoms with E-state index in [1.165, 1.54) is 0 Å². The number of oxime groups is 1. The minimum Gasteiger partial charge on any atom is -0.360 e. The van der Waals surface area contributed by atoms with E-state index in [-0.39, 0.29) is 0 Å². The van der Waals surface area contributed by atoms with E-state index in [1.54, 1.807) is 0 Å². The number of carbonyl (C=O) groups excluding carboxylic acids is 2. The lowest BCUT2D eigenvalue weighted by Crippen LogP contribution is -2.09. The second-order valence-electron chi connectivity index (χ2n) is 1.06. The second-order valence-corrected chi connectivity index (χ2v) is 1.91. The molecule has 0 saturated heterocycles. The van der Waals surface area contributed by atoms with E-state index in [4.69, 9.17) is 0 Å². The molecular formula is C3H5N3O3S. The van der Waals surface area contributed by atoms with E-state index < -0.39 is 11.3 Å². The maximum Gasteiger partial charge on any atom is 0.430 e. The molecule has 7 heteroatoms. The van der Waals surface area contributed by atoms with Crippen molar-refractivity contribution in [3.05, 3.63) is 0 Å². The Morgan fingerprint density at radius 3 is 2.50 bits per heavy atom. The van der Waals surface area contributed by atoms with Gasteiger partial charge in [-0.3, -0.25) is 9.63 Å². The largest absolute Gasteiger partial charge is 0.430 e. The van der Waals surface area contributed by atoms with Crippen LogP contribution in [0.15, 0.2) is 5.16 Å². The summed E-state index contributed by atoms with van der Waals surface area (Å²) < 4.78 is 0. The lowest BCUT2D eigenvalue weighted by Gasteiger charge is -1.85. The first-order chi connectivity index (χ1) is 4.63. The van der Waals surface area contributed by atoms with Gasteiger partial charge in [-0.05, 0) is 11.8 Å². The highest BCUT2D eigenvalue weighted by atomic mass is 32.2. The standard InChI is InChI=1S/C3H5N3O3S/c4-2(7)9-6-1-10-3(5)8/h1H,(H2,4,7)(H2,5,8). The van der Waals surface area contributed by atoms with Gasteiger partial charge >= 0.3 is 6.09 Å². The molecule has 0 aromatic carbocycles. The first-order valence-electron chi connectivity index (χ1n) is 2.07. The van der Waals surface area contributed by atoms with Gasteiger partial charge in [-0.25, -0.2) is 4.79 Å². The van der Waals surface area contributed by atoms with Crippen LogP contribution in [0.25, 0.3) is 0 Å². The summed E-state index contributed by atoms with van der Waals surface area (Å²) in [6.45, 7) is 0. The van der Waals surface area contributed by atoms with Crippen molar-refractivity contribution < 1.29 is 14.4 Å². The summed E-state index contributed by atoms with van der Waals surface area (Å²) in [7, 11) is 0. The Hall–Kier alpha value is -1.24. The fourth-order valence-electron chi connectivity index (χ4n) is 0.147. The van der Waals surface area contributed by atoms with Crippen LogP contribution in [-0.2, 0) is 4.84 Å². The van der Waals surface area contributed by atoms with Gasteiger partial charge in [0.15, 0.2) is 0 Å². The molecule has 0 aliphatic rings. The second kappa shape index (κ2) is 4.62. The van der Waals surface area contributed by atoms with E-state index >= 15 is 0 Å². The molecule has 10 heavy (non-hydrogen) atoms. The number of thioether (sulfide) groups is 1. The normalized spacial score (nSPS) is 9.60. The minimum absolute atomic E-state index is 0.588. The van der Waals surface area contributed by atoms with Crippen molar-refractivity contribution in [2.24, 2.45) is 16.6 Å². The lowest BCUT2D eigenvalue weighted by molar-refractivity contribution is 0.162. The van der Waals surface area contributed by atoms with Gasteiger partial charge in [0.25, 0.3) is 5.24 Å². The van der Waals surface area contributed by atoms with Crippen LogP contribution in [0.4, 0.5) is 9.59 Å². The molecule has 0 aromatic heterocycles. The minimum atomic E-state index is -1.04. The van der Waals surface area contributed by atoms with Crippen LogP contribution >= 0.6 is 11.8 Å². The third-order valence-corrected chi connectivity index (χ3v) is 0.778. The highest BCUT2D eigenvalue weighted by molar-refractivity contribution is 8.24. The maximum atomic E-state index is 9.97. The topological polar surface area (TPSA) is 108 Å². The molecule has 0 aliphatic carbocycles. The summed E-state index contributed by atoms with van der Waals surface area (Å²) >= 11 is 0.588. The number of primary amides is 2. The van der Waals surface area contributed by atoms with Gasteiger partial charge in [0.1, 0.15) is 5.55 Å². The average Bonchev–Trinajstić information content (AvgIpc) is 1.79. The molecule has 0 unspecified atom stereocenters. The van der Waals surface area contributed by atoms with Crippen LogP contribution < -0.4 is 11.5 Å². The highest BCUT2D eigenvalue weighted by Gasteiger charge is 1.90. The number of nitrogens with zero attached hydrogens (tertiary/aromatic N) is 1. The number of amides is 2. The van der Waals surface area contributed by atoms with Gasteiger partial charge in [-0.1, -0.05) is 5.16 Å². The van der Waals surface area contributed by atoms with Crippen LogP contribution in [0.3, 0.4) is 0 Å². The lowest BCUT2D eigenvalue weighted by atomic mass is 11.3. The smallest absolute Gasteiger partial charge is 0.360 e. The van der Waals surface area contributed by atoms with Crippen LogP contribution in [0, 0.1) is 0 Å². The molecule has 56 valence electrons. The van der Waals surface area contributed by atoms with Gasteiger partial charge in [0.2, 0.25) is 0 Å². The molecule has 0 fully saturated rings. The van der Waals surface area contributed by atoms with Crippen molar-refractivity contribution in [2.45, 2.75) is 0 Å². The number of carbonyl (C=O) groups is 2. The molecule has 0 aliphatic heterocycles. The van der Waals surface area contributed by atoms with E-state index in [0.717, 1.165) is 5.55 Å². The number of rotatable bonds is 2. The number of hydrogen-bond acceptors (Lipinski definition) is 5. The monoisotopic (exact) mass is 163 g/mol. The van der Waals surface area contributed by atoms with Gasteiger partial charge in [0, 0.05) is 0 Å². The van der Waals surface area contributed by atoms with Crippen molar-refractivity contribution in [1.29, 1.82) is 0 Å². The molecule has 0 heterocycles. The van der Waals surface area contributed by atoms with Gasteiger partial charge in [-0.2, -0.15) is 0 Å². The Balaban J connectivity index is 3.38. The molecular weight excluding hydrogens is 158 g/mol. The average molecular weight is 163 g/mol. The third kappa shape index (κ3) is 6.76. The Labute approximate surface area is 60.6 Å². The third-order valence-electron chi connectivity index (χ3n) is 0.355. The molecule has 0 radical (unpaired) electrons. The fourth-order valence-corrected chi connectivity index (χ4v) is 0.337. The van der Waals surface area contributed by atoms with Crippen molar-refractivity contribution in [3.8, 4) is 0 Å². The number of hydrogen-bond donors (Lipinski definition) is 2. The highest BCUT2D eigenvalue weighted by Crippen LogP contribution is 1.92. The number of nitrogens with two attached hydrogens (primary N) is 2. The van der Waals surface area contributed by atoms with Crippen molar-refractivity contribution in [2.75, 3.05) is 0 Å². The van der Waals surface area contributed by atoms with Crippen molar-refractivity contribution >= 4 is 28.6 Å². The predicted molar refractivity (Wildman–Crippen MR) is 36.3 cm³/mol. The Bertz CT molecular complexity index is 150. The molecule has 0 bridgehead atoms. The summed E-state index contributed by atoms with van der Waals surface area (Å²) in [5.74, 6) is 0. The summed E-state index contributed by atoms with van der Waals surface area (Å²) in [6, 6.07) is 0. The predicted octanol–water partition coefficient (Wildman–Crippen LogP) is -0.163. The fraction of sp³-hybridized carbons (Fsp3) is 0. The zero-order chi connectivity index (χ0) is 7.98. The van der Waals surface area contributed by atoms with Crippen LogP contribution in [0.2, 0.25) is 0 Å². The van der Waals surface area contributed by atoms with Gasteiger partial charge in [-0.15, -0.1) is 0 Å². The first kappa shape index (κ1) is 8.76. The molecule has 6 nitrogen and oxygen atoms in total. The van der Waals surface area contributed by atoms with Crippen LogP contribution in [-0.4, -0.2) is 16.9 Å². The van der Waals surface area contributed by atoms with Crippen molar-refractivity contribution in [3.63, 3.8) is 0 Å². The molecule has 4 N–H and O–H groups in total. The first-order valence-corrected chi connectivity index (χ1v) is 2.95. The zero-order valence-electron chi connectivity index (χ0n) is 4.81. The summed E-state index contributed by atoms with van der Waals surface area (Å²) in [5, 5.41) is 2.33. The molecule has 2 amide bonds. The van der Waals surface area contributed by atoms with Gasteiger partial charge < -0.3 is 11.5 Å².